The van der Waals surface area contributed by atoms with Crippen LogP contribution in [0.1, 0.15) is 53.4 Å². The molecule has 0 amide bonds. The van der Waals surface area contributed by atoms with Crippen molar-refractivity contribution in [2.24, 2.45) is 28.1 Å². The topological polar surface area (TPSA) is 94.8 Å². The molecule has 0 spiro atoms. The van der Waals surface area contributed by atoms with Crippen LogP contribution >= 0.6 is 0 Å². The third kappa shape index (κ3) is 1.80. The predicted molar refractivity (Wildman–Crippen MR) is 100 cm³/mol. The van der Waals surface area contributed by atoms with E-state index in [2.05, 4.69) is 0 Å². The normalized spacial score (nSPS) is 55.2. The molecule has 0 unspecified atom stereocenters. The lowest BCUT2D eigenvalue weighted by Gasteiger charge is -2.67. The summed E-state index contributed by atoms with van der Waals surface area (Å²) in [7, 11) is 0. The lowest BCUT2D eigenvalue weighted by molar-refractivity contribution is -0.258. The Morgan fingerprint density at radius 1 is 1.25 bits per heavy atom. The number of carboxylic acid groups (broad SMARTS) is 1. The monoisotopic (exact) mass is 392 g/mol. The van der Waals surface area contributed by atoms with Crippen LogP contribution in [0.15, 0.2) is 23.8 Å². The van der Waals surface area contributed by atoms with Crippen LogP contribution in [0.25, 0.3) is 0 Å². The number of aliphatic carboxylic acids is 1. The molecule has 154 valence electrons. The summed E-state index contributed by atoms with van der Waals surface area (Å²) in [5, 5.41) is 32.3. The summed E-state index contributed by atoms with van der Waals surface area (Å²) in [4.78, 5) is 24.0. The molecule has 28 heavy (non-hydrogen) atoms. The van der Waals surface area contributed by atoms with E-state index in [1.165, 1.54) is 12.2 Å². The van der Waals surface area contributed by atoms with Gasteiger partial charge in [-0.15, -0.1) is 0 Å². The second-order valence-electron chi connectivity index (χ2n) is 10.1. The van der Waals surface area contributed by atoms with E-state index in [1.54, 1.807) is 33.8 Å². The van der Waals surface area contributed by atoms with Gasteiger partial charge in [0.25, 0.3) is 0 Å². The highest BCUT2D eigenvalue weighted by Gasteiger charge is 2.79. The second kappa shape index (κ2) is 5.33. The number of aliphatic hydroxyl groups is 2. The lowest BCUT2D eigenvalue weighted by Crippen LogP contribution is -2.73. The van der Waals surface area contributed by atoms with Crippen LogP contribution in [0.5, 0.6) is 0 Å². The van der Waals surface area contributed by atoms with Crippen molar-refractivity contribution in [2.45, 2.75) is 70.8 Å². The SMILES string of the molecule is C[C@H]1C[C@H]2[C@]3(C)CCC4=CC(=O)C=C[C@]4(C)[C@@]3(F)[C@@H](O)C[C@]2(C)[C@@]1(O)C(=O)O. The molecule has 0 aromatic carbocycles. The number of carbonyl (C=O) groups excluding carboxylic acids is 1. The number of ketones is 1. The number of carboxylic acids is 1. The van der Waals surface area contributed by atoms with Crippen molar-refractivity contribution in [1.82, 2.24) is 0 Å². The molecule has 0 aliphatic heterocycles. The van der Waals surface area contributed by atoms with Crippen molar-refractivity contribution in [3.05, 3.63) is 23.8 Å². The lowest BCUT2D eigenvalue weighted by atomic mass is 9.39. The smallest absolute Gasteiger partial charge is 0.336 e. The van der Waals surface area contributed by atoms with Gasteiger partial charge in [-0.2, -0.15) is 0 Å². The molecule has 3 N–H and O–H groups in total. The molecular weight excluding hydrogens is 363 g/mol. The molecule has 0 radical (unpaired) electrons. The maximum Gasteiger partial charge on any atom is 0.336 e. The maximum atomic E-state index is 17.1. The van der Waals surface area contributed by atoms with Gasteiger partial charge in [0.05, 0.1) is 6.10 Å². The minimum absolute atomic E-state index is 0.137. The van der Waals surface area contributed by atoms with Gasteiger partial charge in [0.2, 0.25) is 0 Å². The Morgan fingerprint density at radius 3 is 2.50 bits per heavy atom. The molecule has 6 heteroatoms. The zero-order chi connectivity index (χ0) is 20.9. The number of alkyl halides is 1. The first-order valence-corrected chi connectivity index (χ1v) is 10.1. The third-order valence-electron chi connectivity index (χ3n) is 9.18. The van der Waals surface area contributed by atoms with E-state index in [4.69, 9.17) is 0 Å². The Hall–Kier alpha value is -1.53. The molecule has 0 heterocycles. The zero-order valence-corrected chi connectivity index (χ0v) is 16.8. The molecule has 0 saturated heterocycles. The van der Waals surface area contributed by atoms with E-state index in [0.29, 0.717) is 24.8 Å². The fraction of sp³-hybridized carbons (Fsp3) is 0.727. The third-order valence-corrected chi connectivity index (χ3v) is 9.18. The summed E-state index contributed by atoms with van der Waals surface area (Å²) in [6.07, 6.45) is 4.11. The number of allylic oxidation sites excluding steroid dienone is 4. The summed E-state index contributed by atoms with van der Waals surface area (Å²) < 4.78 is 17.1. The predicted octanol–water partition coefficient (Wildman–Crippen LogP) is 2.81. The number of hydrogen-bond donors (Lipinski definition) is 3. The molecule has 5 nitrogen and oxygen atoms in total. The van der Waals surface area contributed by atoms with E-state index in [1.807, 2.05) is 0 Å². The number of rotatable bonds is 1. The Balaban J connectivity index is 1.92. The van der Waals surface area contributed by atoms with Gasteiger partial charge in [0.1, 0.15) is 0 Å². The van der Waals surface area contributed by atoms with E-state index >= 15 is 4.39 Å². The summed E-state index contributed by atoms with van der Waals surface area (Å²) in [5.74, 6) is -2.45. The van der Waals surface area contributed by atoms with Crippen LogP contribution in [0, 0.1) is 28.1 Å². The zero-order valence-electron chi connectivity index (χ0n) is 16.8. The van der Waals surface area contributed by atoms with Crippen molar-refractivity contribution < 1.29 is 29.3 Å². The number of halogens is 1. The summed E-state index contributed by atoms with van der Waals surface area (Å²) in [6.45, 7) is 6.91. The first-order valence-electron chi connectivity index (χ1n) is 10.1. The van der Waals surface area contributed by atoms with E-state index in [9.17, 15) is 24.9 Å². The Labute approximate surface area is 164 Å². The highest BCUT2D eigenvalue weighted by atomic mass is 19.1. The van der Waals surface area contributed by atoms with Crippen molar-refractivity contribution in [2.75, 3.05) is 0 Å². The number of carbonyl (C=O) groups is 2. The number of aliphatic hydroxyl groups excluding tert-OH is 1. The minimum Gasteiger partial charge on any atom is -0.479 e. The van der Waals surface area contributed by atoms with Crippen LogP contribution in [0.4, 0.5) is 4.39 Å². The van der Waals surface area contributed by atoms with E-state index < -0.39 is 51.4 Å². The quantitative estimate of drug-likeness (QED) is 0.638. The first-order chi connectivity index (χ1) is 12.8. The van der Waals surface area contributed by atoms with Gasteiger partial charge in [-0.25, -0.2) is 9.18 Å². The molecule has 0 aromatic heterocycles. The molecule has 0 bridgehead atoms. The molecule has 3 fully saturated rings. The van der Waals surface area contributed by atoms with Crippen LogP contribution < -0.4 is 0 Å². The summed E-state index contributed by atoms with van der Waals surface area (Å²) in [6, 6.07) is 0. The van der Waals surface area contributed by atoms with E-state index in [-0.39, 0.29) is 12.2 Å². The largest absolute Gasteiger partial charge is 0.479 e. The highest BCUT2D eigenvalue weighted by molar-refractivity contribution is 6.01. The van der Waals surface area contributed by atoms with Gasteiger partial charge in [-0.05, 0) is 56.6 Å². The molecule has 0 aromatic rings. The Morgan fingerprint density at radius 2 is 1.89 bits per heavy atom. The minimum atomic E-state index is -2.06. The van der Waals surface area contributed by atoms with Crippen LogP contribution in [0.3, 0.4) is 0 Å². The van der Waals surface area contributed by atoms with Crippen molar-refractivity contribution in [3.63, 3.8) is 0 Å². The fourth-order valence-electron chi connectivity index (χ4n) is 7.61. The first kappa shape index (κ1) is 19.8. The molecule has 4 aliphatic carbocycles. The van der Waals surface area contributed by atoms with Crippen LogP contribution in [-0.2, 0) is 9.59 Å². The molecular formula is C22H29FO5. The Bertz CT molecular complexity index is 835. The summed E-state index contributed by atoms with van der Waals surface area (Å²) >= 11 is 0. The van der Waals surface area contributed by atoms with Gasteiger partial charge in [0.15, 0.2) is 17.1 Å². The average Bonchev–Trinajstić information content (AvgIpc) is 2.82. The number of fused-ring (bicyclic) bond motifs is 5. The molecule has 8 atom stereocenters. The Kier molecular flexibility index (Phi) is 3.77. The average molecular weight is 392 g/mol. The molecule has 4 rings (SSSR count). The second-order valence-corrected chi connectivity index (χ2v) is 10.1. The van der Waals surface area contributed by atoms with Crippen molar-refractivity contribution in [3.8, 4) is 0 Å². The fourth-order valence-corrected chi connectivity index (χ4v) is 7.61. The van der Waals surface area contributed by atoms with Gasteiger partial charge < -0.3 is 15.3 Å². The standard InChI is InChI=1S/C22H29FO5/c1-12-9-15-19(3)7-5-13-10-14(24)6-8-18(13,2)22(19,23)16(25)11-20(15,4)21(12,28)17(26)27/h6,8,10,12,15-16,25,28H,5,7,9,11H2,1-4H3,(H,26,27)/t12-,15-,16-,18-,19-,20-,21-,22-/m0/s1. The van der Waals surface area contributed by atoms with E-state index in [0.717, 1.165) is 0 Å². The van der Waals surface area contributed by atoms with Gasteiger partial charge >= 0.3 is 5.97 Å². The van der Waals surface area contributed by atoms with Gasteiger partial charge in [0, 0.05) is 16.2 Å². The van der Waals surface area contributed by atoms with Crippen molar-refractivity contribution in [1.29, 1.82) is 0 Å². The molecule has 3 saturated carbocycles. The maximum absolute atomic E-state index is 17.1. The van der Waals surface area contributed by atoms with Crippen LogP contribution in [-0.4, -0.2) is 44.4 Å². The van der Waals surface area contributed by atoms with Gasteiger partial charge in [-0.3, -0.25) is 4.79 Å². The summed E-state index contributed by atoms with van der Waals surface area (Å²) in [5.41, 5.74) is -6.71. The van der Waals surface area contributed by atoms with Gasteiger partial charge in [-0.1, -0.05) is 32.4 Å². The van der Waals surface area contributed by atoms with Crippen LogP contribution in [0.2, 0.25) is 0 Å². The molecule has 4 aliphatic rings. The van der Waals surface area contributed by atoms with Crippen molar-refractivity contribution >= 4 is 11.8 Å². The number of hydrogen-bond acceptors (Lipinski definition) is 4. The highest BCUT2D eigenvalue weighted by Crippen LogP contribution is 2.75.